The van der Waals surface area contributed by atoms with Crippen molar-refractivity contribution < 1.29 is 28.7 Å². The number of halogens is 2. The summed E-state index contributed by atoms with van der Waals surface area (Å²) in [5.74, 6) is -4.26. The van der Waals surface area contributed by atoms with Crippen LogP contribution in [0.2, 0.25) is 5.02 Å². The highest BCUT2D eigenvalue weighted by Gasteiger charge is 2.23. The molecule has 0 saturated heterocycles. The number of hydrogen-bond donors (Lipinski definition) is 3. The maximum absolute atomic E-state index is 14.8. The van der Waals surface area contributed by atoms with E-state index in [4.69, 9.17) is 16.7 Å². The molecule has 3 aromatic carbocycles. The summed E-state index contributed by atoms with van der Waals surface area (Å²) in [6.45, 7) is -0.609. The Morgan fingerprint density at radius 1 is 1.09 bits per heavy atom. The number of amides is 3. The molecule has 1 heterocycles. The van der Waals surface area contributed by atoms with Crippen LogP contribution in [-0.4, -0.2) is 73.5 Å². The lowest BCUT2D eigenvalue weighted by atomic mass is 10.0. The lowest BCUT2D eigenvalue weighted by molar-refractivity contribution is -0.137. The van der Waals surface area contributed by atoms with E-state index >= 15 is 0 Å². The van der Waals surface area contributed by atoms with Gasteiger partial charge in [-0.15, -0.1) is 5.10 Å². The van der Waals surface area contributed by atoms with Crippen LogP contribution in [0.1, 0.15) is 21.5 Å². The Hall–Kier alpha value is -5.43. The number of tetrazole rings is 1. The third-order valence-electron chi connectivity index (χ3n) is 6.10. The Labute approximate surface area is 249 Å². The monoisotopic (exact) mass is 605 g/mol. The fourth-order valence-corrected chi connectivity index (χ4v) is 4.24. The predicted molar refractivity (Wildman–Crippen MR) is 155 cm³/mol. The molecule has 0 bridgehead atoms. The summed E-state index contributed by atoms with van der Waals surface area (Å²) in [6, 6.07) is 16.3. The lowest BCUT2D eigenvalue weighted by Gasteiger charge is -2.19. The molecular weight excluding hydrogens is 581 g/mol. The Balaban J connectivity index is 1.51. The summed E-state index contributed by atoms with van der Waals surface area (Å²) in [7, 11) is 1.23. The predicted octanol–water partition coefficient (Wildman–Crippen LogP) is 2.99. The van der Waals surface area contributed by atoms with Crippen molar-refractivity contribution in [2.75, 3.05) is 18.9 Å². The number of benzene rings is 3. The molecule has 1 unspecified atom stereocenters. The number of nitrogens with zero attached hydrogens (tertiary/aromatic N) is 5. The quantitative estimate of drug-likeness (QED) is 0.220. The second-order valence-electron chi connectivity index (χ2n) is 9.28. The highest BCUT2D eigenvalue weighted by molar-refractivity contribution is 6.30. The zero-order valence-corrected chi connectivity index (χ0v) is 23.4. The van der Waals surface area contributed by atoms with Crippen LogP contribution in [0, 0.1) is 5.82 Å². The number of aliphatic carboxylic acids is 1. The van der Waals surface area contributed by atoms with E-state index in [0.717, 1.165) is 22.6 Å². The number of aromatic nitrogens is 4. The Bertz CT molecular complexity index is 1670. The highest BCUT2D eigenvalue weighted by Crippen LogP contribution is 2.21. The van der Waals surface area contributed by atoms with Gasteiger partial charge in [-0.1, -0.05) is 41.9 Å². The first kappa shape index (κ1) is 30.5. The number of rotatable bonds is 11. The smallest absolute Gasteiger partial charge is 0.323 e. The fraction of sp³-hybridized carbons (Fsp3) is 0.138. The van der Waals surface area contributed by atoms with E-state index in [1.807, 2.05) is 6.07 Å². The molecule has 220 valence electrons. The van der Waals surface area contributed by atoms with Crippen LogP contribution in [0.25, 0.3) is 11.8 Å². The van der Waals surface area contributed by atoms with Gasteiger partial charge in [-0.05, 0) is 58.5 Å². The Kier molecular flexibility index (Phi) is 9.91. The van der Waals surface area contributed by atoms with Crippen molar-refractivity contribution in [1.29, 1.82) is 0 Å². The molecule has 3 amide bonds. The van der Waals surface area contributed by atoms with Gasteiger partial charge in [0, 0.05) is 35.8 Å². The van der Waals surface area contributed by atoms with E-state index in [0.29, 0.717) is 16.3 Å². The van der Waals surface area contributed by atoms with Crippen molar-refractivity contribution in [3.05, 3.63) is 107 Å². The van der Waals surface area contributed by atoms with Crippen LogP contribution in [0.15, 0.2) is 79.1 Å². The van der Waals surface area contributed by atoms with E-state index in [-0.39, 0.29) is 17.7 Å². The SMILES string of the molecule is CN(CC(=O)O)C(=O)c1ccc(NC(=O)C(Cc2ccccc2)NC(=O)C=Cc2cc(Cl)ccc2-n2cnnn2)cc1F. The maximum Gasteiger partial charge on any atom is 0.323 e. The summed E-state index contributed by atoms with van der Waals surface area (Å²) in [5.41, 5.74) is 1.54. The van der Waals surface area contributed by atoms with Gasteiger partial charge in [-0.25, -0.2) is 4.39 Å². The number of carbonyl (C=O) groups is 4. The van der Waals surface area contributed by atoms with E-state index < -0.39 is 42.1 Å². The zero-order valence-electron chi connectivity index (χ0n) is 22.6. The average Bonchev–Trinajstić information content (AvgIpc) is 3.50. The average molecular weight is 606 g/mol. The van der Waals surface area contributed by atoms with Crippen LogP contribution >= 0.6 is 11.6 Å². The number of carboxylic acids is 1. The molecule has 0 aliphatic rings. The van der Waals surface area contributed by atoms with E-state index in [9.17, 15) is 23.6 Å². The highest BCUT2D eigenvalue weighted by atomic mass is 35.5. The standard InChI is InChI=1S/C29H25ClFN7O5/c1-37(16-27(40)41)29(43)22-10-9-21(15-23(22)31)33-28(42)24(13-18-5-3-2-4-6-18)34-26(39)12-7-19-14-20(30)8-11-25(19)38-17-32-35-36-38/h2-12,14-15,17,24H,13,16H2,1H3,(H,33,42)(H,34,39)(H,40,41). The molecule has 43 heavy (non-hydrogen) atoms. The second-order valence-corrected chi connectivity index (χ2v) is 9.72. The van der Waals surface area contributed by atoms with Crippen LogP contribution in [0.4, 0.5) is 10.1 Å². The second kappa shape index (κ2) is 14.0. The Morgan fingerprint density at radius 2 is 1.86 bits per heavy atom. The van der Waals surface area contributed by atoms with E-state index in [2.05, 4.69) is 26.2 Å². The summed E-state index contributed by atoms with van der Waals surface area (Å²) in [5, 5.41) is 25.6. The van der Waals surface area contributed by atoms with Gasteiger partial charge in [-0.2, -0.15) is 4.68 Å². The van der Waals surface area contributed by atoms with Crippen molar-refractivity contribution in [3.63, 3.8) is 0 Å². The molecule has 0 saturated carbocycles. The summed E-state index contributed by atoms with van der Waals surface area (Å²) >= 11 is 6.14. The van der Waals surface area contributed by atoms with Crippen molar-refractivity contribution >= 4 is 47.1 Å². The minimum absolute atomic E-state index is 0.0350. The largest absolute Gasteiger partial charge is 0.480 e. The topological polar surface area (TPSA) is 159 Å². The molecule has 4 aromatic rings. The summed E-state index contributed by atoms with van der Waals surface area (Å²) in [4.78, 5) is 50.4. The van der Waals surface area contributed by atoms with Crippen molar-refractivity contribution in [1.82, 2.24) is 30.4 Å². The number of hydrogen-bond acceptors (Lipinski definition) is 7. The van der Waals surface area contributed by atoms with Crippen molar-refractivity contribution in [3.8, 4) is 5.69 Å². The number of carbonyl (C=O) groups excluding carboxylic acids is 3. The molecular formula is C29H25ClFN7O5. The molecule has 0 aliphatic carbocycles. The first-order valence-corrected chi connectivity index (χ1v) is 13.1. The molecule has 4 rings (SSSR count). The van der Waals surface area contributed by atoms with Gasteiger partial charge in [0.05, 0.1) is 11.3 Å². The van der Waals surface area contributed by atoms with Gasteiger partial charge in [0.1, 0.15) is 24.7 Å². The van der Waals surface area contributed by atoms with Gasteiger partial charge in [0.2, 0.25) is 11.8 Å². The number of likely N-dealkylation sites (N-methyl/N-ethyl adjacent to an activating group) is 1. The van der Waals surface area contributed by atoms with Crippen molar-refractivity contribution in [2.45, 2.75) is 12.5 Å². The molecule has 0 fully saturated rings. The molecule has 0 spiro atoms. The third kappa shape index (κ3) is 8.30. The maximum atomic E-state index is 14.8. The minimum Gasteiger partial charge on any atom is -0.480 e. The van der Waals surface area contributed by atoms with Crippen LogP contribution in [0.5, 0.6) is 0 Å². The fourth-order valence-electron chi connectivity index (χ4n) is 4.06. The first-order valence-electron chi connectivity index (χ1n) is 12.7. The molecule has 1 atom stereocenters. The van der Waals surface area contributed by atoms with Gasteiger partial charge < -0.3 is 20.6 Å². The van der Waals surface area contributed by atoms with E-state index in [1.165, 1.54) is 36.3 Å². The molecule has 14 heteroatoms. The van der Waals surface area contributed by atoms with Crippen molar-refractivity contribution in [2.24, 2.45) is 0 Å². The lowest BCUT2D eigenvalue weighted by Crippen LogP contribution is -2.44. The summed E-state index contributed by atoms with van der Waals surface area (Å²) < 4.78 is 16.2. The number of anilines is 1. The number of carboxylic acid groups (broad SMARTS) is 1. The third-order valence-corrected chi connectivity index (χ3v) is 6.34. The molecule has 0 radical (unpaired) electrons. The molecule has 0 aliphatic heterocycles. The van der Waals surface area contributed by atoms with Gasteiger partial charge in [0.25, 0.3) is 5.91 Å². The first-order chi connectivity index (χ1) is 20.6. The van der Waals surface area contributed by atoms with E-state index in [1.54, 1.807) is 42.5 Å². The van der Waals surface area contributed by atoms with Crippen LogP contribution < -0.4 is 10.6 Å². The summed E-state index contributed by atoms with van der Waals surface area (Å²) in [6.07, 6.45) is 4.25. The van der Waals surface area contributed by atoms with Gasteiger partial charge in [-0.3, -0.25) is 19.2 Å². The van der Waals surface area contributed by atoms with Crippen LogP contribution in [0.3, 0.4) is 0 Å². The molecule has 1 aromatic heterocycles. The zero-order chi connectivity index (χ0) is 30.9. The van der Waals surface area contributed by atoms with Gasteiger partial charge >= 0.3 is 5.97 Å². The van der Waals surface area contributed by atoms with Gasteiger partial charge in [0.15, 0.2) is 0 Å². The molecule has 3 N–H and O–H groups in total. The minimum atomic E-state index is -1.25. The Morgan fingerprint density at radius 3 is 2.53 bits per heavy atom. The normalized spacial score (nSPS) is 11.6. The van der Waals surface area contributed by atoms with Crippen LogP contribution in [-0.2, 0) is 20.8 Å². The number of nitrogens with one attached hydrogen (secondary N) is 2. The molecule has 12 nitrogen and oxygen atoms in total.